The summed E-state index contributed by atoms with van der Waals surface area (Å²) in [5, 5.41) is 20.3. The topological polar surface area (TPSA) is 75.1 Å². The van der Waals surface area contributed by atoms with Crippen LogP contribution in [0.1, 0.15) is 4.88 Å². The van der Waals surface area contributed by atoms with E-state index < -0.39 is 5.97 Å². The van der Waals surface area contributed by atoms with Crippen LogP contribution in [0.15, 0.2) is 20.3 Å². The van der Waals surface area contributed by atoms with E-state index in [1.807, 2.05) is 12.1 Å². The maximum atomic E-state index is 10.4. The van der Waals surface area contributed by atoms with Crippen LogP contribution in [0.25, 0.3) is 0 Å². The molecule has 2 heterocycles. The lowest BCUT2D eigenvalue weighted by Crippen LogP contribution is -1.96. The van der Waals surface area contributed by atoms with Gasteiger partial charge in [0.2, 0.25) is 5.13 Å². The van der Waals surface area contributed by atoms with Gasteiger partial charge in [-0.1, -0.05) is 23.1 Å². The van der Waals surface area contributed by atoms with Crippen molar-refractivity contribution in [3.05, 3.63) is 20.8 Å². The summed E-state index contributed by atoms with van der Waals surface area (Å²) in [6, 6.07) is 4.03. The van der Waals surface area contributed by atoms with Crippen molar-refractivity contribution in [3.63, 3.8) is 0 Å². The van der Waals surface area contributed by atoms with Gasteiger partial charge in [-0.2, -0.15) is 0 Å². The summed E-state index contributed by atoms with van der Waals surface area (Å²) < 4.78 is 1.75. The number of thioether (sulfide) groups is 1. The molecule has 0 aromatic carbocycles. The minimum absolute atomic E-state index is 0.00645. The van der Waals surface area contributed by atoms with Gasteiger partial charge in [0.15, 0.2) is 4.34 Å². The van der Waals surface area contributed by atoms with Gasteiger partial charge >= 0.3 is 5.97 Å². The Morgan fingerprint density at radius 1 is 1.44 bits per heavy atom. The van der Waals surface area contributed by atoms with Crippen molar-refractivity contribution in [2.75, 3.05) is 11.1 Å². The molecule has 0 aliphatic rings. The summed E-state index contributed by atoms with van der Waals surface area (Å²) >= 11 is 7.59. The number of carboxylic acid groups (broad SMARTS) is 1. The quantitative estimate of drug-likeness (QED) is 0.765. The van der Waals surface area contributed by atoms with Crippen molar-refractivity contribution >= 4 is 61.5 Å². The Labute approximate surface area is 124 Å². The Hall–Kier alpha value is -0.640. The third-order valence-electron chi connectivity index (χ3n) is 1.77. The lowest BCUT2D eigenvalue weighted by atomic mass is 10.5. The van der Waals surface area contributed by atoms with Gasteiger partial charge in [-0.3, -0.25) is 4.79 Å². The number of aromatic nitrogens is 2. The summed E-state index contributed by atoms with van der Waals surface area (Å²) in [7, 11) is 0. The fourth-order valence-corrected chi connectivity index (χ4v) is 3.96. The van der Waals surface area contributed by atoms with Crippen LogP contribution >= 0.6 is 50.4 Å². The van der Waals surface area contributed by atoms with Gasteiger partial charge in [-0.15, -0.1) is 21.5 Å². The van der Waals surface area contributed by atoms with E-state index in [-0.39, 0.29) is 5.75 Å². The van der Waals surface area contributed by atoms with E-state index in [9.17, 15) is 4.79 Å². The Kier molecular flexibility index (Phi) is 4.98. The average molecular weight is 366 g/mol. The molecule has 0 atom stereocenters. The van der Waals surface area contributed by atoms with Gasteiger partial charge in [0.25, 0.3) is 0 Å². The molecule has 0 amide bonds. The molecule has 2 aromatic heterocycles. The van der Waals surface area contributed by atoms with Crippen LogP contribution in [0.3, 0.4) is 0 Å². The normalized spacial score (nSPS) is 10.5. The number of thiophene rings is 1. The van der Waals surface area contributed by atoms with Gasteiger partial charge in [-0.25, -0.2) is 0 Å². The molecule has 0 fully saturated rings. The zero-order chi connectivity index (χ0) is 13.0. The van der Waals surface area contributed by atoms with E-state index in [0.717, 1.165) is 3.79 Å². The number of halogens is 1. The van der Waals surface area contributed by atoms with E-state index in [2.05, 4.69) is 31.4 Å². The second kappa shape index (κ2) is 6.50. The average Bonchev–Trinajstić information content (AvgIpc) is 2.93. The number of hydrogen-bond donors (Lipinski definition) is 2. The molecular formula is C9H8BrN3O2S3. The molecule has 0 aliphatic carbocycles. The molecule has 0 bridgehead atoms. The molecule has 2 rings (SSSR count). The first-order chi connectivity index (χ1) is 8.63. The highest BCUT2D eigenvalue weighted by molar-refractivity contribution is 9.11. The van der Waals surface area contributed by atoms with Crippen LogP contribution in [0.4, 0.5) is 5.13 Å². The van der Waals surface area contributed by atoms with Crippen LogP contribution in [0, 0.1) is 0 Å². The number of carbonyl (C=O) groups is 1. The molecule has 2 aromatic rings. The van der Waals surface area contributed by atoms with Crippen LogP contribution < -0.4 is 5.32 Å². The predicted octanol–water partition coefficient (Wildman–Crippen LogP) is 3.15. The molecule has 0 unspecified atom stereocenters. The van der Waals surface area contributed by atoms with Crippen LogP contribution in [-0.4, -0.2) is 27.0 Å². The molecule has 0 saturated heterocycles. The Morgan fingerprint density at radius 3 is 2.94 bits per heavy atom. The first kappa shape index (κ1) is 13.8. The fourth-order valence-electron chi connectivity index (χ4n) is 1.07. The molecule has 9 heteroatoms. The minimum Gasteiger partial charge on any atom is -0.481 e. The third-order valence-corrected chi connectivity index (χ3v) is 5.39. The van der Waals surface area contributed by atoms with Crippen LogP contribution in [0.5, 0.6) is 0 Å². The molecule has 0 saturated carbocycles. The van der Waals surface area contributed by atoms with E-state index in [4.69, 9.17) is 5.11 Å². The Bertz CT molecular complexity index is 543. The van der Waals surface area contributed by atoms with E-state index in [1.54, 1.807) is 11.3 Å². The number of anilines is 1. The van der Waals surface area contributed by atoms with Gasteiger partial charge in [0.05, 0.1) is 16.1 Å². The standard InChI is InChI=1S/C9H8BrN3O2S3/c10-6-2-1-5(17-6)3-11-8-12-13-9(18-8)16-4-7(14)15/h1-2H,3-4H2,(H,11,12)(H,14,15). The molecule has 0 radical (unpaired) electrons. The molecule has 5 nitrogen and oxygen atoms in total. The lowest BCUT2D eigenvalue weighted by molar-refractivity contribution is -0.133. The van der Waals surface area contributed by atoms with Crippen LogP contribution in [0.2, 0.25) is 0 Å². The molecule has 96 valence electrons. The summed E-state index contributed by atoms with van der Waals surface area (Å²) in [4.78, 5) is 11.6. The van der Waals surface area contributed by atoms with Crippen molar-refractivity contribution in [2.24, 2.45) is 0 Å². The highest BCUT2D eigenvalue weighted by Crippen LogP contribution is 2.27. The highest BCUT2D eigenvalue weighted by Gasteiger charge is 2.07. The smallest absolute Gasteiger partial charge is 0.313 e. The monoisotopic (exact) mass is 365 g/mol. The molecular weight excluding hydrogens is 358 g/mol. The zero-order valence-corrected chi connectivity index (χ0v) is 13.0. The van der Waals surface area contributed by atoms with Crippen molar-refractivity contribution < 1.29 is 9.90 Å². The number of rotatable bonds is 6. The molecule has 18 heavy (non-hydrogen) atoms. The Balaban J connectivity index is 1.84. The van der Waals surface area contributed by atoms with Crippen molar-refractivity contribution in [3.8, 4) is 0 Å². The van der Waals surface area contributed by atoms with Gasteiger partial charge in [0.1, 0.15) is 0 Å². The number of nitrogens with zero attached hydrogens (tertiary/aromatic N) is 2. The first-order valence-corrected chi connectivity index (χ1v) is 8.21. The van der Waals surface area contributed by atoms with Gasteiger partial charge < -0.3 is 10.4 Å². The SMILES string of the molecule is O=C(O)CSc1nnc(NCc2ccc(Br)s2)s1. The maximum absolute atomic E-state index is 10.4. The lowest BCUT2D eigenvalue weighted by Gasteiger charge is -1.97. The summed E-state index contributed by atoms with van der Waals surface area (Å²) in [6.07, 6.45) is 0. The third kappa shape index (κ3) is 4.23. The van der Waals surface area contributed by atoms with Crippen molar-refractivity contribution in [1.29, 1.82) is 0 Å². The summed E-state index contributed by atoms with van der Waals surface area (Å²) in [6.45, 7) is 0.689. The van der Waals surface area contributed by atoms with Gasteiger partial charge in [0, 0.05) is 4.88 Å². The van der Waals surface area contributed by atoms with Gasteiger partial charge in [-0.05, 0) is 28.1 Å². The summed E-state index contributed by atoms with van der Waals surface area (Å²) in [5.41, 5.74) is 0. The predicted molar refractivity (Wildman–Crippen MR) is 77.6 cm³/mol. The minimum atomic E-state index is -0.854. The number of carboxylic acids is 1. The first-order valence-electron chi connectivity index (χ1n) is 4.79. The zero-order valence-electron chi connectivity index (χ0n) is 8.92. The fraction of sp³-hybridized carbons (Fsp3) is 0.222. The molecule has 2 N–H and O–H groups in total. The van der Waals surface area contributed by atoms with Crippen molar-refractivity contribution in [1.82, 2.24) is 10.2 Å². The molecule has 0 aliphatic heterocycles. The number of hydrogen-bond acceptors (Lipinski definition) is 7. The largest absolute Gasteiger partial charge is 0.481 e. The number of aliphatic carboxylic acids is 1. The highest BCUT2D eigenvalue weighted by atomic mass is 79.9. The number of nitrogens with one attached hydrogen (secondary N) is 1. The second-order valence-corrected chi connectivity index (χ2v) is 7.86. The Morgan fingerprint density at radius 2 is 2.28 bits per heavy atom. The van der Waals surface area contributed by atoms with E-state index in [0.29, 0.717) is 16.0 Å². The maximum Gasteiger partial charge on any atom is 0.313 e. The van der Waals surface area contributed by atoms with Crippen LogP contribution in [-0.2, 0) is 11.3 Å². The van der Waals surface area contributed by atoms with E-state index >= 15 is 0 Å². The second-order valence-electron chi connectivity index (χ2n) is 3.11. The van der Waals surface area contributed by atoms with E-state index in [1.165, 1.54) is 28.0 Å². The summed E-state index contributed by atoms with van der Waals surface area (Å²) in [5.74, 6) is -0.847. The molecule has 0 spiro atoms. The van der Waals surface area contributed by atoms with Crippen molar-refractivity contribution in [2.45, 2.75) is 10.9 Å².